The first kappa shape index (κ1) is 22.0. The van der Waals surface area contributed by atoms with Crippen molar-refractivity contribution in [2.45, 2.75) is 35.6 Å². The van der Waals surface area contributed by atoms with E-state index in [2.05, 4.69) is 19.9 Å². The second-order valence-corrected chi connectivity index (χ2v) is 10.7. The van der Waals surface area contributed by atoms with Crippen LogP contribution in [0.4, 0.5) is 11.4 Å². The molecule has 1 aliphatic carbocycles. The SMILES string of the molecule is Cc1oncc1C(=O)Nc1cccc(NS(=O)(=O)c2ccc(S(=O)(=O)NC3CC3)cc2)c1. The van der Waals surface area contributed by atoms with Gasteiger partial charge in [0.1, 0.15) is 11.3 Å². The second kappa shape index (κ2) is 8.37. The Labute approximate surface area is 185 Å². The lowest BCUT2D eigenvalue weighted by Gasteiger charge is -2.11. The van der Waals surface area contributed by atoms with E-state index in [0.717, 1.165) is 12.8 Å². The summed E-state index contributed by atoms with van der Waals surface area (Å²) in [6.07, 6.45) is 2.89. The molecule has 0 aliphatic heterocycles. The summed E-state index contributed by atoms with van der Waals surface area (Å²) in [4.78, 5) is 12.2. The van der Waals surface area contributed by atoms with Crippen molar-refractivity contribution in [3.63, 3.8) is 0 Å². The molecule has 4 rings (SSSR count). The molecule has 0 unspecified atom stereocenters. The van der Waals surface area contributed by atoms with Crippen molar-refractivity contribution in [1.29, 1.82) is 0 Å². The highest BCUT2D eigenvalue weighted by atomic mass is 32.2. The zero-order valence-electron chi connectivity index (χ0n) is 16.9. The summed E-state index contributed by atoms with van der Waals surface area (Å²) in [5.74, 6) is -0.0856. The Morgan fingerprint density at radius 2 is 1.59 bits per heavy atom. The molecule has 0 bridgehead atoms. The number of rotatable bonds is 8. The summed E-state index contributed by atoms with van der Waals surface area (Å²) in [5.41, 5.74) is 0.850. The van der Waals surface area contributed by atoms with Gasteiger partial charge in [0.2, 0.25) is 10.0 Å². The Hall–Kier alpha value is -3.22. The quantitative estimate of drug-likeness (QED) is 0.452. The molecule has 3 N–H and O–H groups in total. The third-order valence-electron chi connectivity index (χ3n) is 4.71. The maximum absolute atomic E-state index is 12.7. The van der Waals surface area contributed by atoms with Crippen LogP contribution in [0.3, 0.4) is 0 Å². The van der Waals surface area contributed by atoms with E-state index in [1.165, 1.54) is 42.6 Å². The monoisotopic (exact) mass is 476 g/mol. The van der Waals surface area contributed by atoms with Gasteiger partial charge < -0.3 is 9.84 Å². The minimum atomic E-state index is -3.98. The normalized spacial score (nSPS) is 14.2. The predicted octanol–water partition coefficient (Wildman–Crippen LogP) is 2.48. The lowest BCUT2D eigenvalue weighted by molar-refractivity contribution is 0.102. The summed E-state index contributed by atoms with van der Waals surface area (Å²) < 4.78 is 59.8. The summed E-state index contributed by atoms with van der Waals surface area (Å²) in [5, 5.41) is 6.20. The van der Waals surface area contributed by atoms with Crippen molar-refractivity contribution < 1.29 is 26.2 Å². The molecule has 1 heterocycles. The van der Waals surface area contributed by atoms with Crippen LogP contribution in [0.15, 0.2) is 69.0 Å². The fourth-order valence-electron chi connectivity index (χ4n) is 2.88. The molecular weight excluding hydrogens is 456 g/mol. The number of hydrogen-bond donors (Lipinski definition) is 3. The molecule has 32 heavy (non-hydrogen) atoms. The minimum Gasteiger partial charge on any atom is -0.361 e. The first-order valence-electron chi connectivity index (χ1n) is 9.62. The molecule has 1 amide bonds. The van der Waals surface area contributed by atoms with Gasteiger partial charge in [0.05, 0.1) is 21.7 Å². The lowest BCUT2D eigenvalue weighted by atomic mass is 10.2. The molecule has 1 aliphatic rings. The molecule has 2 aromatic carbocycles. The second-order valence-electron chi connectivity index (χ2n) is 7.30. The predicted molar refractivity (Wildman–Crippen MR) is 116 cm³/mol. The molecular formula is C20H20N4O6S2. The van der Waals surface area contributed by atoms with Gasteiger partial charge >= 0.3 is 0 Å². The number of sulfonamides is 2. The summed E-state index contributed by atoms with van der Waals surface area (Å²) in [6, 6.07) is 11.1. The van der Waals surface area contributed by atoms with Crippen molar-refractivity contribution in [3.8, 4) is 0 Å². The van der Waals surface area contributed by atoms with Gasteiger partial charge in [-0.05, 0) is 62.2 Å². The number of amides is 1. The van der Waals surface area contributed by atoms with Gasteiger partial charge in [-0.15, -0.1) is 0 Å². The van der Waals surface area contributed by atoms with Crippen LogP contribution < -0.4 is 14.8 Å². The number of nitrogens with one attached hydrogen (secondary N) is 3. The van der Waals surface area contributed by atoms with E-state index >= 15 is 0 Å². The largest absolute Gasteiger partial charge is 0.361 e. The van der Waals surface area contributed by atoms with Crippen molar-refractivity contribution in [2.75, 3.05) is 10.0 Å². The highest BCUT2D eigenvalue weighted by molar-refractivity contribution is 7.92. The zero-order valence-corrected chi connectivity index (χ0v) is 18.5. The maximum atomic E-state index is 12.7. The average Bonchev–Trinajstić information content (AvgIpc) is 3.43. The number of anilines is 2. The molecule has 0 saturated heterocycles. The standard InChI is InChI=1S/C20H20N4O6S2/c1-13-19(12-21-30-13)20(25)22-15-3-2-4-16(11-15)24-32(28,29)18-9-7-17(8-10-18)31(26,27)23-14-5-6-14/h2-4,7-12,14,23-24H,5-6H2,1H3,(H,22,25). The first-order chi connectivity index (χ1) is 15.1. The molecule has 3 aromatic rings. The third kappa shape index (κ3) is 4.98. The van der Waals surface area contributed by atoms with Gasteiger partial charge in [-0.3, -0.25) is 9.52 Å². The first-order valence-corrected chi connectivity index (χ1v) is 12.6. The number of hydrogen-bond acceptors (Lipinski definition) is 7. The van der Waals surface area contributed by atoms with E-state index in [0.29, 0.717) is 11.4 Å². The van der Waals surface area contributed by atoms with Crippen LogP contribution in [0.1, 0.15) is 29.0 Å². The van der Waals surface area contributed by atoms with Gasteiger partial charge in [-0.25, -0.2) is 21.6 Å². The van der Waals surface area contributed by atoms with E-state index in [-0.39, 0.29) is 27.1 Å². The van der Waals surface area contributed by atoms with Crippen molar-refractivity contribution in [3.05, 3.63) is 66.1 Å². The number of aryl methyl sites for hydroxylation is 1. The Bertz CT molecular complexity index is 1360. The van der Waals surface area contributed by atoms with Gasteiger partial charge in [0.25, 0.3) is 15.9 Å². The van der Waals surface area contributed by atoms with Crippen LogP contribution in [0, 0.1) is 6.92 Å². The van der Waals surface area contributed by atoms with Crippen LogP contribution in [0.25, 0.3) is 0 Å². The third-order valence-corrected chi connectivity index (χ3v) is 7.65. The lowest BCUT2D eigenvalue weighted by Crippen LogP contribution is -2.25. The molecule has 0 spiro atoms. The number of carbonyl (C=O) groups excluding carboxylic acids is 1. The van der Waals surface area contributed by atoms with Crippen molar-refractivity contribution in [2.24, 2.45) is 0 Å². The Morgan fingerprint density at radius 1 is 0.969 bits per heavy atom. The van der Waals surface area contributed by atoms with Gasteiger partial charge in [-0.1, -0.05) is 11.2 Å². The fourth-order valence-corrected chi connectivity index (χ4v) is 5.23. The van der Waals surface area contributed by atoms with Crippen LogP contribution in [-0.2, 0) is 20.0 Å². The summed E-state index contributed by atoms with van der Waals surface area (Å²) in [7, 11) is -7.66. The highest BCUT2D eigenvalue weighted by Gasteiger charge is 2.28. The molecule has 168 valence electrons. The molecule has 12 heteroatoms. The van der Waals surface area contributed by atoms with Crippen molar-refractivity contribution >= 4 is 37.3 Å². The summed E-state index contributed by atoms with van der Waals surface area (Å²) >= 11 is 0. The smallest absolute Gasteiger partial charge is 0.261 e. The maximum Gasteiger partial charge on any atom is 0.261 e. The minimum absolute atomic E-state index is 0.00269. The van der Waals surface area contributed by atoms with E-state index in [1.54, 1.807) is 19.1 Å². The Balaban J connectivity index is 1.48. The van der Waals surface area contributed by atoms with Crippen LogP contribution >= 0.6 is 0 Å². The number of nitrogens with zero attached hydrogens (tertiary/aromatic N) is 1. The number of aromatic nitrogens is 1. The van der Waals surface area contributed by atoms with Gasteiger partial charge in [0, 0.05) is 11.7 Å². The van der Waals surface area contributed by atoms with Gasteiger partial charge in [0.15, 0.2) is 0 Å². The molecule has 1 aromatic heterocycles. The highest BCUT2D eigenvalue weighted by Crippen LogP contribution is 2.24. The van der Waals surface area contributed by atoms with E-state index in [1.807, 2.05) is 0 Å². The summed E-state index contributed by atoms with van der Waals surface area (Å²) in [6.45, 7) is 1.60. The van der Waals surface area contributed by atoms with E-state index in [9.17, 15) is 21.6 Å². The van der Waals surface area contributed by atoms with E-state index < -0.39 is 26.0 Å². The van der Waals surface area contributed by atoms with Crippen molar-refractivity contribution in [1.82, 2.24) is 9.88 Å². The van der Waals surface area contributed by atoms with E-state index in [4.69, 9.17) is 4.52 Å². The Morgan fingerprint density at radius 3 is 2.19 bits per heavy atom. The number of carbonyl (C=O) groups is 1. The van der Waals surface area contributed by atoms with Gasteiger partial charge in [-0.2, -0.15) is 0 Å². The average molecular weight is 477 g/mol. The molecule has 1 fully saturated rings. The van der Waals surface area contributed by atoms with Crippen LogP contribution in [-0.4, -0.2) is 33.9 Å². The van der Waals surface area contributed by atoms with Crippen LogP contribution in [0.2, 0.25) is 0 Å². The molecule has 1 saturated carbocycles. The topological polar surface area (TPSA) is 147 Å². The fraction of sp³-hybridized carbons (Fsp3) is 0.200. The van der Waals surface area contributed by atoms with Crippen LogP contribution in [0.5, 0.6) is 0 Å². The molecule has 0 atom stereocenters. The molecule has 10 nitrogen and oxygen atoms in total. The number of benzene rings is 2. The molecule has 0 radical (unpaired) electrons. The Kier molecular flexibility index (Phi) is 5.75. The zero-order chi connectivity index (χ0) is 22.9.